The van der Waals surface area contributed by atoms with Crippen LogP contribution in [0.3, 0.4) is 0 Å². The number of hydrogen-bond acceptors (Lipinski definition) is 2. The van der Waals surface area contributed by atoms with Crippen LogP contribution in [0.25, 0.3) is 11.0 Å². The van der Waals surface area contributed by atoms with Gasteiger partial charge in [-0.2, -0.15) is 0 Å². The van der Waals surface area contributed by atoms with Gasteiger partial charge in [0.2, 0.25) is 5.78 Å². The molecule has 0 radical (unpaired) electrons. The average Bonchev–Trinajstić information content (AvgIpc) is 2.69. The van der Waals surface area contributed by atoms with Gasteiger partial charge in [-0.1, -0.05) is 52.8 Å². The second-order valence-corrected chi connectivity index (χ2v) is 6.10. The molecular weight excluding hydrogens is 224 g/mol. The molecule has 0 N–H and O–H groups in total. The summed E-state index contributed by atoms with van der Waals surface area (Å²) in [7, 11) is 0. The van der Waals surface area contributed by atoms with Crippen molar-refractivity contribution >= 4 is 16.8 Å². The summed E-state index contributed by atoms with van der Waals surface area (Å²) in [5, 5.41) is 1.01. The highest BCUT2D eigenvalue weighted by Gasteiger charge is 2.22. The Bertz CT molecular complexity index is 583. The van der Waals surface area contributed by atoms with Gasteiger partial charge in [-0.05, 0) is 11.5 Å². The van der Waals surface area contributed by atoms with Gasteiger partial charge in [0.05, 0.1) is 0 Å². The van der Waals surface area contributed by atoms with E-state index in [1.54, 1.807) is 0 Å². The van der Waals surface area contributed by atoms with Crippen LogP contribution in [0.2, 0.25) is 0 Å². The lowest BCUT2D eigenvalue weighted by molar-refractivity contribution is 0.0913. The minimum Gasteiger partial charge on any atom is -0.453 e. The monoisotopic (exact) mass is 244 g/mol. The van der Waals surface area contributed by atoms with E-state index in [1.165, 1.54) is 0 Å². The molecule has 0 amide bonds. The molecule has 18 heavy (non-hydrogen) atoms. The quantitative estimate of drug-likeness (QED) is 0.724. The van der Waals surface area contributed by atoms with E-state index in [4.69, 9.17) is 4.42 Å². The second-order valence-electron chi connectivity index (χ2n) is 6.10. The van der Waals surface area contributed by atoms with Crippen molar-refractivity contribution in [2.75, 3.05) is 0 Å². The molecule has 2 nitrogen and oxygen atoms in total. The molecule has 0 bridgehead atoms. The van der Waals surface area contributed by atoms with Crippen molar-refractivity contribution in [2.45, 2.75) is 40.0 Å². The fraction of sp³-hybridized carbons (Fsp3) is 0.438. The Kier molecular flexibility index (Phi) is 3.05. The summed E-state index contributed by atoms with van der Waals surface area (Å²) in [6.45, 7) is 10.2. The lowest BCUT2D eigenvalue weighted by Crippen LogP contribution is -2.11. The smallest absolute Gasteiger partial charge is 0.200 e. The number of hydrogen-bond donors (Lipinski definition) is 0. The number of benzene rings is 1. The fourth-order valence-corrected chi connectivity index (χ4v) is 2.06. The van der Waals surface area contributed by atoms with Crippen LogP contribution >= 0.6 is 0 Å². The summed E-state index contributed by atoms with van der Waals surface area (Å²) >= 11 is 0. The van der Waals surface area contributed by atoms with Gasteiger partial charge in [-0.15, -0.1) is 0 Å². The van der Waals surface area contributed by atoms with Gasteiger partial charge in [0.25, 0.3) is 0 Å². The van der Waals surface area contributed by atoms with Crippen molar-refractivity contribution in [2.24, 2.45) is 5.92 Å². The maximum atomic E-state index is 12.0. The van der Waals surface area contributed by atoms with Crippen LogP contribution in [0, 0.1) is 5.92 Å². The average molecular weight is 244 g/mol. The molecule has 1 aromatic carbocycles. The first kappa shape index (κ1) is 12.9. The van der Waals surface area contributed by atoms with E-state index >= 15 is 0 Å². The van der Waals surface area contributed by atoms with Crippen molar-refractivity contribution in [3.63, 3.8) is 0 Å². The molecule has 1 heterocycles. The van der Waals surface area contributed by atoms with Gasteiger partial charge in [-0.25, -0.2) is 0 Å². The summed E-state index contributed by atoms with van der Waals surface area (Å²) in [5.41, 5.74) is 1.99. The maximum absolute atomic E-state index is 12.0. The van der Waals surface area contributed by atoms with E-state index in [0.717, 1.165) is 16.5 Å². The van der Waals surface area contributed by atoms with Crippen molar-refractivity contribution < 1.29 is 9.21 Å². The zero-order valence-corrected chi connectivity index (χ0v) is 11.7. The summed E-state index contributed by atoms with van der Waals surface area (Å²) < 4.78 is 5.80. The molecule has 0 aliphatic carbocycles. The standard InChI is InChI=1S/C16H20O2/c1-10(2)14(17)13-9-11-7-6-8-12(15(11)18-13)16(3,4)5/h6-10H,1-5H3. The number of carbonyl (C=O) groups is 1. The van der Waals surface area contributed by atoms with Crippen LogP contribution in [0.1, 0.15) is 50.7 Å². The van der Waals surface area contributed by atoms with Crippen LogP contribution in [0.4, 0.5) is 0 Å². The number of Topliss-reactive ketones (excluding diaryl/α,β-unsaturated/α-hetero) is 1. The lowest BCUT2D eigenvalue weighted by atomic mass is 9.86. The predicted octanol–water partition coefficient (Wildman–Crippen LogP) is 4.57. The first-order valence-electron chi connectivity index (χ1n) is 6.38. The molecule has 0 aliphatic rings. The fourth-order valence-electron chi connectivity index (χ4n) is 2.06. The third-order valence-corrected chi connectivity index (χ3v) is 3.12. The van der Waals surface area contributed by atoms with Crippen molar-refractivity contribution in [3.05, 3.63) is 35.6 Å². The molecule has 96 valence electrons. The van der Waals surface area contributed by atoms with Gasteiger partial charge in [0, 0.05) is 16.9 Å². The minimum atomic E-state index is -0.0383. The Balaban J connectivity index is 2.62. The lowest BCUT2D eigenvalue weighted by Gasteiger charge is -2.18. The SMILES string of the molecule is CC(C)C(=O)c1cc2cccc(C(C)(C)C)c2o1. The molecule has 1 aromatic heterocycles. The zero-order valence-electron chi connectivity index (χ0n) is 11.7. The largest absolute Gasteiger partial charge is 0.453 e. The molecule has 0 aliphatic heterocycles. The highest BCUT2D eigenvalue weighted by atomic mass is 16.3. The Morgan fingerprint density at radius 1 is 1.22 bits per heavy atom. The van der Waals surface area contributed by atoms with Crippen molar-refractivity contribution in [1.82, 2.24) is 0 Å². The normalized spacial score (nSPS) is 12.3. The number of rotatable bonds is 2. The summed E-state index contributed by atoms with van der Waals surface area (Å²) in [5.74, 6) is 0.492. The highest BCUT2D eigenvalue weighted by molar-refractivity contribution is 5.99. The van der Waals surface area contributed by atoms with Crippen LogP contribution in [0.5, 0.6) is 0 Å². The predicted molar refractivity (Wildman–Crippen MR) is 74.1 cm³/mol. The van der Waals surface area contributed by atoms with E-state index in [1.807, 2.05) is 32.0 Å². The third-order valence-electron chi connectivity index (χ3n) is 3.12. The van der Waals surface area contributed by atoms with Gasteiger partial charge in [-0.3, -0.25) is 4.79 Å². The van der Waals surface area contributed by atoms with Gasteiger partial charge in [0.15, 0.2) is 5.76 Å². The Morgan fingerprint density at radius 2 is 1.89 bits per heavy atom. The first-order chi connectivity index (χ1) is 8.30. The molecule has 0 fully saturated rings. The maximum Gasteiger partial charge on any atom is 0.200 e. The van der Waals surface area contributed by atoms with Crippen LogP contribution in [0.15, 0.2) is 28.7 Å². The molecule has 0 saturated heterocycles. The van der Waals surface area contributed by atoms with Gasteiger partial charge in [0.1, 0.15) is 5.58 Å². The molecule has 2 aromatic rings. The van der Waals surface area contributed by atoms with Crippen LogP contribution < -0.4 is 0 Å². The van der Waals surface area contributed by atoms with Gasteiger partial charge >= 0.3 is 0 Å². The summed E-state index contributed by atoms with van der Waals surface area (Å²) in [6, 6.07) is 7.93. The molecular formula is C16H20O2. The number of carbonyl (C=O) groups excluding carboxylic acids is 1. The van der Waals surface area contributed by atoms with Crippen LogP contribution in [-0.4, -0.2) is 5.78 Å². The molecule has 0 saturated carbocycles. The minimum absolute atomic E-state index is 0.00944. The van der Waals surface area contributed by atoms with E-state index < -0.39 is 0 Å². The van der Waals surface area contributed by atoms with Crippen molar-refractivity contribution in [3.8, 4) is 0 Å². The number of para-hydroxylation sites is 1. The first-order valence-corrected chi connectivity index (χ1v) is 6.38. The zero-order chi connectivity index (χ0) is 13.5. The third kappa shape index (κ3) is 2.20. The number of furan rings is 1. The summed E-state index contributed by atoms with van der Waals surface area (Å²) in [4.78, 5) is 12.0. The van der Waals surface area contributed by atoms with E-state index in [0.29, 0.717) is 5.76 Å². The molecule has 2 heteroatoms. The van der Waals surface area contributed by atoms with E-state index in [-0.39, 0.29) is 17.1 Å². The summed E-state index contributed by atoms with van der Waals surface area (Å²) in [6.07, 6.45) is 0. The number of ketones is 1. The van der Waals surface area contributed by atoms with E-state index in [2.05, 4.69) is 26.8 Å². The highest BCUT2D eigenvalue weighted by Crippen LogP contribution is 2.32. The molecule has 2 rings (SSSR count). The Hall–Kier alpha value is -1.57. The topological polar surface area (TPSA) is 30.2 Å². The second kappa shape index (κ2) is 4.27. The van der Waals surface area contributed by atoms with E-state index in [9.17, 15) is 4.79 Å². The van der Waals surface area contributed by atoms with Gasteiger partial charge < -0.3 is 4.42 Å². The Morgan fingerprint density at radius 3 is 2.44 bits per heavy atom. The number of fused-ring (bicyclic) bond motifs is 1. The molecule has 0 atom stereocenters. The molecule has 0 spiro atoms. The van der Waals surface area contributed by atoms with Crippen LogP contribution in [-0.2, 0) is 5.41 Å². The Labute approximate surface area is 108 Å². The molecule has 0 unspecified atom stereocenters. The van der Waals surface area contributed by atoms with Crippen molar-refractivity contribution in [1.29, 1.82) is 0 Å².